The van der Waals surface area contributed by atoms with E-state index in [1.807, 2.05) is 11.4 Å². The summed E-state index contributed by atoms with van der Waals surface area (Å²) in [7, 11) is -3.68. The quantitative estimate of drug-likeness (QED) is 0.859. The van der Waals surface area contributed by atoms with Crippen LogP contribution in [0.15, 0.2) is 34.5 Å². The fourth-order valence-electron chi connectivity index (χ4n) is 2.81. The number of halogens is 1. The van der Waals surface area contributed by atoms with Gasteiger partial charge in [-0.05, 0) is 55.5 Å². The van der Waals surface area contributed by atoms with Crippen molar-refractivity contribution >= 4 is 38.9 Å². The summed E-state index contributed by atoms with van der Waals surface area (Å²) in [6.07, 6.45) is 0.809. The first-order valence-electron chi connectivity index (χ1n) is 7.94. The number of carbonyl (C=O) groups is 1. The molecule has 0 saturated carbocycles. The highest BCUT2D eigenvalue weighted by atomic mass is 35.5. The summed E-state index contributed by atoms with van der Waals surface area (Å²) < 4.78 is 27.2. The van der Waals surface area contributed by atoms with Gasteiger partial charge >= 0.3 is 0 Å². The molecule has 3 rings (SSSR count). The molecule has 0 spiro atoms. The second-order valence-corrected chi connectivity index (χ2v) is 9.39. The molecule has 0 saturated heterocycles. The average molecular weight is 399 g/mol. The highest BCUT2D eigenvalue weighted by Gasteiger charge is 2.26. The predicted octanol–water partition coefficient (Wildman–Crippen LogP) is 3.29. The molecule has 5 nitrogen and oxygen atoms in total. The lowest BCUT2D eigenvalue weighted by Crippen LogP contribution is -2.36. The summed E-state index contributed by atoms with van der Waals surface area (Å²) in [5, 5.41) is 2.28. The molecule has 1 aromatic heterocycles. The SMILES string of the molecule is CC(C)NS(=O)(=O)c1ccc(Cl)c(C(=O)N2CCc3sccc3C2)c1. The Morgan fingerprint density at radius 3 is 2.80 bits per heavy atom. The van der Waals surface area contributed by atoms with E-state index in [2.05, 4.69) is 4.72 Å². The molecule has 2 heterocycles. The summed E-state index contributed by atoms with van der Waals surface area (Å²) >= 11 is 7.88. The largest absolute Gasteiger partial charge is 0.334 e. The van der Waals surface area contributed by atoms with Crippen molar-refractivity contribution in [3.05, 3.63) is 50.7 Å². The average Bonchev–Trinajstić information content (AvgIpc) is 3.00. The summed E-state index contributed by atoms with van der Waals surface area (Å²) in [5.41, 5.74) is 1.36. The van der Waals surface area contributed by atoms with Gasteiger partial charge in [-0.2, -0.15) is 0 Å². The Balaban J connectivity index is 1.89. The highest BCUT2D eigenvalue weighted by molar-refractivity contribution is 7.89. The molecule has 1 N–H and O–H groups in total. The van der Waals surface area contributed by atoms with Crippen LogP contribution in [0.3, 0.4) is 0 Å². The van der Waals surface area contributed by atoms with Crippen LogP contribution in [0.1, 0.15) is 34.6 Å². The number of nitrogens with one attached hydrogen (secondary N) is 1. The van der Waals surface area contributed by atoms with Crippen molar-refractivity contribution in [2.24, 2.45) is 0 Å². The lowest BCUT2D eigenvalue weighted by Gasteiger charge is -2.27. The van der Waals surface area contributed by atoms with Gasteiger partial charge in [0.15, 0.2) is 0 Å². The molecule has 0 unspecified atom stereocenters. The molecule has 0 fully saturated rings. The van der Waals surface area contributed by atoms with Crippen molar-refractivity contribution in [2.45, 2.75) is 37.8 Å². The number of amides is 1. The van der Waals surface area contributed by atoms with Crippen molar-refractivity contribution in [1.82, 2.24) is 9.62 Å². The molecular formula is C17H19ClN2O3S2. The number of hydrogen-bond donors (Lipinski definition) is 1. The number of benzene rings is 1. The second kappa shape index (κ2) is 7.07. The first kappa shape index (κ1) is 18.4. The number of sulfonamides is 1. The summed E-state index contributed by atoms with van der Waals surface area (Å²) in [4.78, 5) is 15.9. The van der Waals surface area contributed by atoms with Crippen LogP contribution in [0.5, 0.6) is 0 Å². The molecular weight excluding hydrogens is 380 g/mol. The monoisotopic (exact) mass is 398 g/mol. The van der Waals surface area contributed by atoms with Crippen LogP contribution >= 0.6 is 22.9 Å². The van der Waals surface area contributed by atoms with Crippen molar-refractivity contribution < 1.29 is 13.2 Å². The summed E-state index contributed by atoms with van der Waals surface area (Å²) in [6.45, 7) is 4.61. The Kier molecular flexibility index (Phi) is 5.20. The molecule has 1 amide bonds. The van der Waals surface area contributed by atoms with E-state index < -0.39 is 10.0 Å². The molecule has 25 heavy (non-hydrogen) atoms. The maximum atomic E-state index is 12.9. The van der Waals surface area contributed by atoms with E-state index in [4.69, 9.17) is 11.6 Å². The van der Waals surface area contributed by atoms with Crippen molar-refractivity contribution in [2.75, 3.05) is 6.54 Å². The zero-order chi connectivity index (χ0) is 18.2. The molecule has 1 aromatic carbocycles. The maximum Gasteiger partial charge on any atom is 0.255 e. The van der Waals surface area contributed by atoms with E-state index in [-0.39, 0.29) is 27.4 Å². The minimum atomic E-state index is -3.68. The molecule has 0 radical (unpaired) electrons. The Hall–Kier alpha value is -1.41. The topological polar surface area (TPSA) is 66.5 Å². The zero-order valence-electron chi connectivity index (χ0n) is 14.0. The van der Waals surface area contributed by atoms with Crippen LogP contribution in [-0.2, 0) is 23.0 Å². The molecule has 0 bridgehead atoms. The van der Waals surface area contributed by atoms with Crippen LogP contribution in [0.25, 0.3) is 0 Å². The Morgan fingerprint density at radius 1 is 1.32 bits per heavy atom. The highest BCUT2D eigenvalue weighted by Crippen LogP contribution is 2.27. The minimum Gasteiger partial charge on any atom is -0.334 e. The van der Waals surface area contributed by atoms with Gasteiger partial charge in [-0.15, -0.1) is 11.3 Å². The molecule has 1 aliphatic rings. The summed E-state index contributed by atoms with van der Waals surface area (Å²) in [5.74, 6) is -0.247. The number of thiophene rings is 1. The fraction of sp³-hybridized carbons (Fsp3) is 0.353. The van der Waals surface area contributed by atoms with Gasteiger partial charge < -0.3 is 4.90 Å². The van der Waals surface area contributed by atoms with Crippen molar-refractivity contribution in [1.29, 1.82) is 0 Å². The summed E-state index contributed by atoms with van der Waals surface area (Å²) in [6, 6.07) is 6.02. The predicted molar refractivity (Wildman–Crippen MR) is 99.7 cm³/mol. The van der Waals surface area contributed by atoms with E-state index in [1.165, 1.54) is 23.1 Å². The van der Waals surface area contributed by atoms with Crippen LogP contribution in [-0.4, -0.2) is 31.8 Å². The Morgan fingerprint density at radius 2 is 2.08 bits per heavy atom. The Bertz CT molecular complexity index is 906. The van der Waals surface area contributed by atoms with Gasteiger partial charge in [0.25, 0.3) is 5.91 Å². The van der Waals surface area contributed by atoms with Gasteiger partial charge in [0.1, 0.15) is 0 Å². The van der Waals surface area contributed by atoms with Gasteiger partial charge in [-0.25, -0.2) is 13.1 Å². The minimum absolute atomic E-state index is 0.0437. The third kappa shape index (κ3) is 3.89. The van der Waals surface area contributed by atoms with Gasteiger partial charge in [0.2, 0.25) is 10.0 Å². The van der Waals surface area contributed by atoms with Gasteiger partial charge in [-0.1, -0.05) is 11.6 Å². The lowest BCUT2D eigenvalue weighted by molar-refractivity contribution is 0.0736. The standard InChI is InChI=1S/C17H19ClN2O3S2/c1-11(2)19-25(22,23)13-3-4-15(18)14(9-13)17(21)20-7-5-16-12(10-20)6-8-24-16/h3-4,6,8-9,11,19H,5,7,10H2,1-2H3. The number of nitrogens with zero attached hydrogens (tertiary/aromatic N) is 1. The van der Waals surface area contributed by atoms with Crippen molar-refractivity contribution in [3.63, 3.8) is 0 Å². The first-order valence-corrected chi connectivity index (χ1v) is 10.7. The lowest BCUT2D eigenvalue weighted by atomic mass is 10.1. The third-order valence-electron chi connectivity index (χ3n) is 3.96. The number of carbonyl (C=O) groups excluding carboxylic acids is 1. The van der Waals surface area contributed by atoms with Crippen LogP contribution in [0.4, 0.5) is 0 Å². The molecule has 134 valence electrons. The smallest absolute Gasteiger partial charge is 0.255 e. The van der Waals surface area contributed by atoms with E-state index in [0.29, 0.717) is 13.1 Å². The maximum absolute atomic E-state index is 12.9. The van der Waals surface area contributed by atoms with Crippen molar-refractivity contribution in [3.8, 4) is 0 Å². The molecule has 1 aliphatic heterocycles. The van der Waals surface area contributed by atoms with Gasteiger partial charge in [0, 0.05) is 24.0 Å². The molecule has 0 aliphatic carbocycles. The number of rotatable bonds is 4. The van der Waals surface area contributed by atoms with E-state index >= 15 is 0 Å². The zero-order valence-corrected chi connectivity index (χ0v) is 16.3. The Labute approximate surface area is 156 Å². The van der Waals surface area contributed by atoms with Gasteiger partial charge in [0.05, 0.1) is 15.5 Å². The normalized spacial score (nSPS) is 14.6. The fourth-order valence-corrected chi connectivity index (χ4v) is 5.17. The number of fused-ring (bicyclic) bond motifs is 1. The third-order valence-corrected chi connectivity index (χ3v) is 6.97. The number of hydrogen-bond acceptors (Lipinski definition) is 4. The van der Waals surface area contributed by atoms with E-state index in [1.54, 1.807) is 30.1 Å². The van der Waals surface area contributed by atoms with Crippen LogP contribution in [0.2, 0.25) is 5.02 Å². The molecule has 8 heteroatoms. The van der Waals surface area contributed by atoms with Crippen LogP contribution in [0, 0.1) is 0 Å². The second-order valence-electron chi connectivity index (χ2n) is 6.26. The van der Waals surface area contributed by atoms with E-state index in [9.17, 15) is 13.2 Å². The van der Waals surface area contributed by atoms with E-state index in [0.717, 1.165) is 12.0 Å². The first-order chi connectivity index (χ1) is 11.8. The molecule has 0 atom stereocenters. The van der Waals surface area contributed by atoms with Gasteiger partial charge in [-0.3, -0.25) is 4.79 Å². The van der Waals surface area contributed by atoms with Crippen LogP contribution < -0.4 is 4.72 Å². The molecule has 2 aromatic rings.